The Balaban J connectivity index is 1.68. The Kier molecular flexibility index (Phi) is 6.98. The van der Waals surface area contributed by atoms with Gasteiger partial charge < -0.3 is 24.6 Å². The molecule has 8 heteroatoms. The summed E-state index contributed by atoms with van der Waals surface area (Å²) in [5, 5.41) is 21.7. The Morgan fingerprint density at radius 2 is 1.74 bits per heavy atom. The number of carbonyl (C=O) groups is 2. The molecular formula is C26H26N2O6. The third-order valence-electron chi connectivity index (χ3n) is 5.84. The van der Waals surface area contributed by atoms with Gasteiger partial charge in [-0.2, -0.15) is 0 Å². The minimum Gasteiger partial charge on any atom is -0.493 e. The summed E-state index contributed by atoms with van der Waals surface area (Å²) >= 11 is 0. The number of nitrogens with zero attached hydrogens (tertiary/aromatic N) is 1. The molecule has 2 amide bonds. The summed E-state index contributed by atoms with van der Waals surface area (Å²) in [6.07, 6.45) is -0.800. The molecule has 0 bridgehead atoms. The lowest BCUT2D eigenvalue weighted by atomic mass is 9.93. The molecule has 0 unspecified atom stereocenters. The van der Waals surface area contributed by atoms with Crippen molar-refractivity contribution >= 4 is 17.7 Å². The molecule has 3 N–H and O–H groups in total. The predicted octanol–water partition coefficient (Wildman–Crippen LogP) is 3.92. The van der Waals surface area contributed by atoms with Crippen molar-refractivity contribution in [3.63, 3.8) is 0 Å². The van der Waals surface area contributed by atoms with Crippen LogP contribution in [0, 0.1) is 0 Å². The van der Waals surface area contributed by atoms with Crippen molar-refractivity contribution in [2.45, 2.75) is 25.6 Å². The second kappa shape index (κ2) is 10.3. The molecule has 1 heterocycles. The van der Waals surface area contributed by atoms with Crippen molar-refractivity contribution in [3.05, 3.63) is 89.0 Å². The van der Waals surface area contributed by atoms with Gasteiger partial charge in [0.1, 0.15) is 6.61 Å². The van der Waals surface area contributed by atoms with Crippen LogP contribution in [0.4, 0.5) is 10.5 Å². The molecule has 0 aromatic heterocycles. The van der Waals surface area contributed by atoms with Crippen LogP contribution >= 0.6 is 0 Å². The molecule has 1 atom stereocenters. The molecule has 0 spiro atoms. The van der Waals surface area contributed by atoms with Gasteiger partial charge in [0.25, 0.3) is 5.91 Å². The molecule has 34 heavy (non-hydrogen) atoms. The van der Waals surface area contributed by atoms with E-state index < -0.39 is 18.0 Å². The van der Waals surface area contributed by atoms with Gasteiger partial charge in [0.05, 0.1) is 31.0 Å². The standard InChI is InChI=1S/C26H26N2O6/c1-33-23-12-21(25(30)28-14-19-10-6-5-9-18(19)11-20(28)15-29)22(27-26(31)32)13-24(23)34-16-17-7-3-2-4-8-17/h2-10,12-13,20,27,29H,11,14-16H2,1H3,(H,31,32)/t20-/m0/s1. The number of aliphatic hydroxyl groups is 1. The van der Waals surface area contributed by atoms with E-state index in [-0.39, 0.29) is 24.5 Å². The Bertz CT molecular complexity index is 1180. The summed E-state index contributed by atoms with van der Waals surface area (Å²) in [5.74, 6) is 0.188. The quantitative estimate of drug-likeness (QED) is 0.491. The zero-order valence-electron chi connectivity index (χ0n) is 18.7. The van der Waals surface area contributed by atoms with Crippen LogP contribution in [0.5, 0.6) is 11.5 Å². The number of carbonyl (C=O) groups excluding carboxylic acids is 1. The summed E-state index contributed by atoms with van der Waals surface area (Å²) in [6.45, 7) is 0.338. The van der Waals surface area contributed by atoms with Gasteiger partial charge in [0, 0.05) is 12.6 Å². The van der Waals surface area contributed by atoms with Gasteiger partial charge in [-0.05, 0) is 29.2 Å². The normalized spacial score (nSPS) is 14.8. The molecule has 3 aromatic rings. The molecule has 0 saturated heterocycles. The third-order valence-corrected chi connectivity index (χ3v) is 5.84. The highest BCUT2D eigenvalue weighted by Gasteiger charge is 2.32. The van der Waals surface area contributed by atoms with Crippen LogP contribution in [-0.2, 0) is 19.6 Å². The number of hydrogen-bond donors (Lipinski definition) is 3. The highest BCUT2D eigenvalue weighted by molar-refractivity contribution is 6.03. The zero-order valence-corrected chi connectivity index (χ0v) is 18.7. The number of rotatable bonds is 7. The van der Waals surface area contributed by atoms with Gasteiger partial charge in [-0.15, -0.1) is 0 Å². The Morgan fingerprint density at radius 3 is 2.41 bits per heavy atom. The number of nitrogens with one attached hydrogen (secondary N) is 1. The molecule has 0 fully saturated rings. The molecule has 3 aromatic carbocycles. The average Bonchev–Trinajstić information content (AvgIpc) is 2.86. The van der Waals surface area contributed by atoms with Gasteiger partial charge >= 0.3 is 6.09 Å². The maximum atomic E-state index is 13.6. The molecule has 1 aliphatic heterocycles. The number of amides is 2. The molecule has 1 aliphatic rings. The van der Waals surface area contributed by atoms with Crippen LogP contribution in [0.1, 0.15) is 27.0 Å². The number of aliphatic hydroxyl groups excluding tert-OH is 1. The molecule has 4 rings (SSSR count). The van der Waals surface area contributed by atoms with E-state index in [1.807, 2.05) is 54.6 Å². The maximum Gasteiger partial charge on any atom is 0.409 e. The largest absolute Gasteiger partial charge is 0.493 e. The predicted molar refractivity (Wildman–Crippen MR) is 126 cm³/mol. The first-order valence-electron chi connectivity index (χ1n) is 10.9. The minimum atomic E-state index is -1.31. The summed E-state index contributed by atoms with van der Waals surface area (Å²) < 4.78 is 11.3. The van der Waals surface area contributed by atoms with Crippen molar-refractivity contribution in [1.82, 2.24) is 4.90 Å². The zero-order chi connectivity index (χ0) is 24.1. The van der Waals surface area contributed by atoms with Crippen LogP contribution in [0.15, 0.2) is 66.7 Å². The molecule has 0 aliphatic carbocycles. The first-order valence-corrected chi connectivity index (χ1v) is 10.9. The van der Waals surface area contributed by atoms with Crippen molar-refractivity contribution in [2.75, 3.05) is 19.0 Å². The number of anilines is 1. The van der Waals surface area contributed by atoms with E-state index in [9.17, 15) is 19.8 Å². The molecule has 176 valence electrons. The van der Waals surface area contributed by atoms with Gasteiger partial charge in [-0.1, -0.05) is 54.6 Å². The summed E-state index contributed by atoms with van der Waals surface area (Å²) in [6, 6.07) is 19.8. The summed E-state index contributed by atoms with van der Waals surface area (Å²) in [7, 11) is 1.46. The summed E-state index contributed by atoms with van der Waals surface area (Å²) in [4.78, 5) is 26.7. The topological polar surface area (TPSA) is 108 Å². The van der Waals surface area contributed by atoms with Gasteiger partial charge in [-0.3, -0.25) is 10.1 Å². The number of methoxy groups -OCH3 is 1. The Morgan fingerprint density at radius 1 is 1.03 bits per heavy atom. The Labute approximate surface area is 197 Å². The smallest absolute Gasteiger partial charge is 0.409 e. The maximum absolute atomic E-state index is 13.6. The second-order valence-electron chi connectivity index (χ2n) is 8.00. The number of carboxylic acid groups (broad SMARTS) is 1. The van der Waals surface area contributed by atoms with E-state index in [1.165, 1.54) is 19.2 Å². The van der Waals surface area contributed by atoms with Crippen molar-refractivity contribution in [3.8, 4) is 11.5 Å². The van der Waals surface area contributed by atoms with Crippen molar-refractivity contribution < 1.29 is 29.3 Å². The Hall–Kier alpha value is -4.04. The van der Waals surface area contributed by atoms with E-state index >= 15 is 0 Å². The molecule has 8 nitrogen and oxygen atoms in total. The number of benzene rings is 3. The average molecular weight is 463 g/mol. The van der Waals surface area contributed by atoms with E-state index in [0.29, 0.717) is 24.5 Å². The monoisotopic (exact) mass is 462 g/mol. The van der Waals surface area contributed by atoms with Gasteiger partial charge in [0.15, 0.2) is 11.5 Å². The van der Waals surface area contributed by atoms with Crippen LogP contribution in [0.3, 0.4) is 0 Å². The fraction of sp³-hybridized carbons (Fsp3) is 0.231. The molecular weight excluding hydrogens is 436 g/mol. The van der Waals surface area contributed by atoms with Crippen LogP contribution in [0.2, 0.25) is 0 Å². The highest BCUT2D eigenvalue weighted by atomic mass is 16.5. The second-order valence-corrected chi connectivity index (χ2v) is 8.00. The highest BCUT2D eigenvalue weighted by Crippen LogP contribution is 2.36. The lowest BCUT2D eigenvalue weighted by Crippen LogP contribution is -2.46. The van der Waals surface area contributed by atoms with Gasteiger partial charge in [0.2, 0.25) is 0 Å². The summed E-state index contributed by atoms with van der Waals surface area (Å²) in [5.41, 5.74) is 3.19. The lowest BCUT2D eigenvalue weighted by molar-refractivity contribution is 0.0545. The van der Waals surface area contributed by atoms with Crippen molar-refractivity contribution in [1.29, 1.82) is 0 Å². The SMILES string of the molecule is COc1cc(C(=O)N2Cc3ccccc3C[C@H]2CO)c(NC(=O)O)cc1OCc1ccccc1. The van der Waals surface area contributed by atoms with E-state index in [0.717, 1.165) is 16.7 Å². The van der Waals surface area contributed by atoms with E-state index in [4.69, 9.17) is 9.47 Å². The number of ether oxygens (including phenoxy) is 2. The van der Waals surface area contributed by atoms with Crippen LogP contribution in [-0.4, -0.2) is 46.9 Å². The fourth-order valence-electron chi connectivity index (χ4n) is 4.11. The third kappa shape index (κ3) is 4.97. The van der Waals surface area contributed by atoms with E-state index in [1.54, 1.807) is 4.90 Å². The first kappa shape index (κ1) is 23.1. The van der Waals surface area contributed by atoms with Gasteiger partial charge in [-0.25, -0.2) is 4.79 Å². The van der Waals surface area contributed by atoms with Crippen molar-refractivity contribution in [2.24, 2.45) is 0 Å². The number of fused-ring (bicyclic) bond motifs is 1. The molecule has 0 saturated carbocycles. The lowest BCUT2D eigenvalue weighted by Gasteiger charge is -2.36. The number of hydrogen-bond acceptors (Lipinski definition) is 5. The minimum absolute atomic E-state index is 0.0805. The van der Waals surface area contributed by atoms with E-state index in [2.05, 4.69) is 5.32 Å². The first-order chi connectivity index (χ1) is 16.5. The van der Waals surface area contributed by atoms with Crippen LogP contribution < -0.4 is 14.8 Å². The molecule has 0 radical (unpaired) electrons. The van der Waals surface area contributed by atoms with Crippen LogP contribution in [0.25, 0.3) is 0 Å². The fourth-order valence-corrected chi connectivity index (χ4v) is 4.11.